The Morgan fingerprint density at radius 2 is 0.857 bits per heavy atom. The zero-order valence-electron chi connectivity index (χ0n) is 31.8. The number of aryl methyl sites for hydroxylation is 4. The normalized spacial score (nSPS) is 11.2. The molecule has 0 spiro atoms. The summed E-state index contributed by atoms with van der Waals surface area (Å²) >= 11 is 0. The van der Waals surface area contributed by atoms with Gasteiger partial charge in [0.05, 0.1) is 6.57 Å². The number of hydrogen-bond acceptors (Lipinski definition) is 3. The van der Waals surface area contributed by atoms with Crippen molar-refractivity contribution in [2.24, 2.45) is 0 Å². The fourth-order valence-corrected chi connectivity index (χ4v) is 8.00. The summed E-state index contributed by atoms with van der Waals surface area (Å²) in [6.45, 7) is 16.5. The molecule has 56 heavy (non-hydrogen) atoms. The highest BCUT2D eigenvalue weighted by Crippen LogP contribution is 2.40. The largest absolute Gasteiger partial charge is 0.238 e. The Labute approximate surface area is 327 Å². The molecular weight excluding hydrogens is 681 g/mol. The molecule has 0 saturated heterocycles. The van der Waals surface area contributed by atoms with Gasteiger partial charge < -0.3 is 0 Å². The Kier molecular flexibility index (Phi) is 8.76. The van der Waals surface area contributed by atoms with Gasteiger partial charge in [0.25, 0.3) is 0 Å². The minimum atomic E-state index is 0.583. The maximum absolute atomic E-state index is 8.15. The van der Waals surface area contributed by atoms with Crippen molar-refractivity contribution in [1.29, 1.82) is 0 Å². The number of benzene rings is 8. The van der Waals surface area contributed by atoms with Crippen molar-refractivity contribution < 1.29 is 0 Å². The third kappa shape index (κ3) is 6.61. The third-order valence-electron chi connectivity index (χ3n) is 10.4. The van der Waals surface area contributed by atoms with Gasteiger partial charge in [-0.15, -0.1) is 0 Å². The van der Waals surface area contributed by atoms with Crippen LogP contribution in [0.25, 0.3) is 93.9 Å². The van der Waals surface area contributed by atoms with E-state index in [-0.39, 0.29) is 0 Å². The molecule has 0 saturated carbocycles. The quantitative estimate of drug-likeness (QED) is 0.127. The Bertz CT molecular complexity index is 2930. The molecule has 266 valence electrons. The molecule has 0 radical (unpaired) electrons. The van der Waals surface area contributed by atoms with Crippen LogP contribution in [0, 0.1) is 34.3 Å². The zero-order valence-corrected chi connectivity index (χ0v) is 31.8. The molecule has 1 aromatic heterocycles. The minimum absolute atomic E-state index is 0.583. The molecule has 0 aliphatic heterocycles. The molecule has 0 aliphatic carbocycles. The van der Waals surface area contributed by atoms with Gasteiger partial charge in [-0.3, -0.25) is 0 Å². The number of hydrogen-bond donors (Lipinski definition) is 0. The van der Waals surface area contributed by atoms with Crippen molar-refractivity contribution in [3.05, 3.63) is 191 Å². The SMILES string of the molecule is [C-]#[N+]c1ccc(-c2ccccc2-c2ccc3c(ccc4ccccc43)c2)cc1-c1cccc(-c2nc(-c3cc(C)cc(C)c3)nc(-c3cc(C)cc(C)c3)n2)c1. The molecule has 4 heteroatoms. The van der Waals surface area contributed by atoms with E-state index in [1.165, 1.54) is 21.5 Å². The van der Waals surface area contributed by atoms with Gasteiger partial charge in [-0.25, -0.2) is 19.8 Å². The van der Waals surface area contributed by atoms with Crippen LogP contribution in [0.5, 0.6) is 0 Å². The van der Waals surface area contributed by atoms with Crippen LogP contribution >= 0.6 is 0 Å². The summed E-state index contributed by atoms with van der Waals surface area (Å²) in [5.41, 5.74) is 14.2. The summed E-state index contributed by atoms with van der Waals surface area (Å²) in [7, 11) is 0. The molecular formula is C52H38N4. The van der Waals surface area contributed by atoms with Gasteiger partial charge in [-0.2, -0.15) is 0 Å². The average Bonchev–Trinajstić information content (AvgIpc) is 3.22. The van der Waals surface area contributed by atoms with E-state index >= 15 is 0 Å². The lowest BCUT2D eigenvalue weighted by Gasteiger charge is -2.15. The first-order valence-corrected chi connectivity index (χ1v) is 18.9. The first-order chi connectivity index (χ1) is 27.3. The highest BCUT2D eigenvalue weighted by molar-refractivity contribution is 6.08. The van der Waals surface area contributed by atoms with Crippen molar-refractivity contribution in [1.82, 2.24) is 15.0 Å². The highest BCUT2D eigenvalue weighted by atomic mass is 15.0. The molecule has 1 heterocycles. The highest BCUT2D eigenvalue weighted by Gasteiger charge is 2.17. The minimum Gasteiger partial charge on any atom is -0.238 e. The van der Waals surface area contributed by atoms with E-state index in [4.69, 9.17) is 21.5 Å². The van der Waals surface area contributed by atoms with Crippen LogP contribution in [-0.2, 0) is 0 Å². The van der Waals surface area contributed by atoms with Crippen molar-refractivity contribution in [3.63, 3.8) is 0 Å². The van der Waals surface area contributed by atoms with E-state index < -0.39 is 0 Å². The molecule has 9 rings (SSSR count). The van der Waals surface area contributed by atoms with E-state index in [9.17, 15) is 0 Å². The molecule has 8 aromatic carbocycles. The van der Waals surface area contributed by atoms with Gasteiger partial charge in [0.1, 0.15) is 0 Å². The Morgan fingerprint density at radius 3 is 1.50 bits per heavy atom. The van der Waals surface area contributed by atoms with Crippen molar-refractivity contribution >= 4 is 27.2 Å². The molecule has 0 aliphatic rings. The monoisotopic (exact) mass is 718 g/mol. The summed E-state index contributed by atoms with van der Waals surface area (Å²) in [6, 6.07) is 55.4. The molecule has 0 N–H and O–H groups in total. The van der Waals surface area contributed by atoms with Crippen LogP contribution in [0.2, 0.25) is 0 Å². The second-order valence-electron chi connectivity index (χ2n) is 14.8. The topological polar surface area (TPSA) is 43.0 Å². The Balaban J connectivity index is 1.15. The second-order valence-corrected chi connectivity index (χ2v) is 14.8. The van der Waals surface area contributed by atoms with Gasteiger partial charge in [0, 0.05) is 16.7 Å². The second kappa shape index (κ2) is 14.2. The van der Waals surface area contributed by atoms with Crippen LogP contribution in [0.3, 0.4) is 0 Å². The molecule has 0 bridgehead atoms. The molecule has 9 aromatic rings. The fourth-order valence-electron chi connectivity index (χ4n) is 8.00. The van der Waals surface area contributed by atoms with Gasteiger partial charge in [0.2, 0.25) is 0 Å². The van der Waals surface area contributed by atoms with E-state index in [2.05, 4.69) is 172 Å². The standard InChI is InChI=1S/C52H38N4/c1-32-23-33(2)26-42(25-32)51-54-50(55-52(56-51)43-27-34(3)24-35(4)28-43)41-13-10-12-37(30-41)48-31-40(20-22-49(48)53-5)46-16-9-8-15-45(46)39-19-21-47-38(29-39)18-17-36-11-6-7-14-44(36)47/h6-31H,1-4H3. The predicted octanol–water partition coefficient (Wildman–Crippen LogP) is 14.0. The molecule has 0 fully saturated rings. The van der Waals surface area contributed by atoms with Crippen LogP contribution in [0.4, 0.5) is 5.69 Å². The zero-order chi connectivity index (χ0) is 38.3. The lowest BCUT2D eigenvalue weighted by Crippen LogP contribution is -2.01. The number of rotatable bonds is 6. The fraction of sp³-hybridized carbons (Fsp3) is 0.0769. The number of nitrogens with zero attached hydrogens (tertiary/aromatic N) is 4. The van der Waals surface area contributed by atoms with E-state index in [0.29, 0.717) is 23.2 Å². The molecule has 0 atom stereocenters. The number of aromatic nitrogens is 3. The van der Waals surface area contributed by atoms with E-state index in [1.54, 1.807) is 0 Å². The summed E-state index contributed by atoms with van der Waals surface area (Å²) in [5, 5.41) is 4.94. The number of fused-ring (bicyclic) bond motifs is 3. The van der Waals surface area contributed by atoms with Gasteiger partial charge >= 0.3 is 0 Å². The van der Waals surface area contributed by atoms with Gasteiger partial charge in [-0.05, 0) is 119 Å². The molecule has 0 unspecified atom stereocenters. The first-order valence-electron chi connectivity index (χ1n) is 18.9. The van der Waals surface area contributed by atoms with Crippen LogP contribution < -0.4 is 0 Å². The predicted molar refractivity (Wildman–Crippen MR) is 233 cm³/mol. The van der Waals surface area contributed by atoms with Crippen molar-refractivity contribution in [2.75, 3.05) is 0 Å². The van der Waals surface area contributed by atoms with Crippen molar-refractivity contribution in [3.8, 4) is 67.5 Å². The summed E-state index contributed by atoms with van der Waals surface area (Å²) in [5.74, 6) is 1.84. The summed E-state index contributed by atoms with van der Waals surface area (Å²) in [6.07, 6.45) is 0. The van der Waals surface area contributed by atoms with Crippen LogP contribution in [0.15, 0.2) is 158 Å². The van der Waals surface area contributed by atoms with Crippen molar-refractivity contribution in [2.45, 2.75) is 27.7 Å². The smallest absolute Gasteiger partial charge is 0.194 e. The van der Waals surface area contributed by atoms with Crippen LogP contribution in [-0.4, -0.2) is 15.0 Å². The first kappa shape index (κ1) is 34.5. The van der Waals surface area contributed by atoms with Gasteiger partial charge in [-0.1, -0.05) is 144 Å². The third-order valence-corrected chi connectivity index (χ3v) is 10.4. The van der Waals surface area contributed by atoms with Crippen LogP contribution in [0.1, 0.15) is 22.3 Å². The Morgan fingerprint density at radius 1 is 0.357 bits per heavy atom. The lowest BCUT2D eigenvalue weighted by atomic mass is 9.90. The summed E-state index contributed by atoms with van der Waals surface area (Å²) in [4.78, 5) is 19.1. The summed E-state index contributed by atoms with van der Waals surface area (Å²) < 4.78 is 0. The maximum atomic E-state index is 8.15. The molecule has 4 nitrogen and oxygen atoms in total. The average molecular weight is 719 g/mol. The van der Waals surface area contributed by atoms with E-state index in [0.717, 1.165) is 72.3 Å². The lowest BCUT2D eigenvalue weighted by molar-refractivity contribution is 1.07. The van der Waals surface area contributed by atoms with Gasteiger partial charge in [0.15, 0.2) is 23.2 Å². The molecule has 0 amide bonds. The maximum Gasteiger partial charge on any atom is 0.194 e. The Hall–Kier alpha value is -7.22. The van der Waals surface area contributed by atoms with E-state index in [1.807, 2.05) is 18.2 Å².